The van der Waals surface area contributed by atoms with Crippen molar-refractivity contribution in [3.8, 4) is 0 Å². The SMILES string of the molecule is CC(CC(=O)NN)N1CCN(CC(F)(F)F)CC1. The smallest absolute Gasteiger partial charge is 0.298 e. The molecular weight excluding hydrogens is 249 g/mol. The predicted octanol–water partition coefficient (Wildman–Crippen LogP) is -0.0652. The van der Waals surface area contributed by atoms with E-state index in [1.165, 1.54) is 4.90 Å². The third-order valence-electron chi connectivity index (χ3n) is 3.07. The molecule has 1 saturated heterocycles. The number of amides is 1. The number of hydrogen-bond acceptors (Lipinski definition) is 4. The molecule has 1 heterocycles. The Bertz CT molecular complexity index is 277. The monoisotopic (exact) mass is 268 g/mol. The van der Waals surface area contributed by atoms with E-state index in [0.717, 1.165) is 0 Å². The average Bonchev–Trinajstić information content (AvgIpc) is 2.27. The fraction of sp³-hybridized carbons (Fsp3) is 0.900. The molecule has 1 aliphatic heterocycles. The molecule has 3 N–H and O–H groups in total. The highest BCUT2D eigenvalue weighted by Gasteiger charge is 2.32. The van der Waals surface area contributed by atoms with Crippen LogP contribution in [0.3, 0.4) is 0 Å². The fourth-order valence-electron chi connectivity index (χ4n) is 2.07. The highest BCUT2D eigenvalue weighted by molar-refractivity contribution is 5.75. The van der Waals surface area contributed by atoms with E-state index in [1.807, 2.05) is 11.8 Å². The largest absolute Gasteiger partial charge is 0.401 e. The highest BCUT2D eigenvalue weighted by atomic mass is 19.4. The summed E-state index contributed by atoms with van der Waals surface area (Å²) in [5.74, 6) is 4.73. The molecule has 1 aliphatic rings. The number of carbonyl (C=O) groups is 1. The van der Waals surface area contributed by atoms with E-state index in [1.54, 1.807) is 0 Å². The lowest BCUT2D eigenvalue weighted by Crippen LogP contribution is -2.52. The quantitative estimate of drug-likeness (QED) is 0.426. The molecule has 0 aromatic heterocycles. The number of hydrogen-bond donors (Lipinski definition) is 2. The minimum atomic E-state index is -4.15. The van der Waals surface area contributed by atoms with Crippen LogP contribution in [0.4, 0.5) is 13.2 Å². The number of halogens is 3. The van der Waals surface area contributed by atoms with Gasteiger partial charge >= 0.3 is 6.18 Å². The van der Waals surface area contributed by atoms with Gasteiger partial charge in [0.05, 0.1) is 6.54 Å². The number of alkyl halides is 3. The summed E-state index contributed by atoms with van der Waals surface area (Å²) in [6.07, 6.45) is -3.89. The van der Waals surface area contributed by atoms with E-state index >= 15 is 0 Å². The second-order valence-corrected chi connectivity index (χ2v) is 4.55. The molecule has 0 bridgehead atoms. The summed E-state index contributed by atoms with van der Waals surface area (Å²) >= 11 is 0. The number of carbonyl (C=O) groups excluding carboxylic acids is 1. The number of hydrazine groups is 1. The van der Waals surface area contributed by atoms with Crippen LogP contribution in [-0.4, -0.2) is 60.6 Å². The van der Waals surface area contributed by atoms with Gasteiger partial charge in [0.15, 0.2) is 0 Å². The van der Waals surface area contributed by atoms with Gasteiger partial charge in [0.2, 0.25) is 5.91 Å². The number of nitrogens with two attached hydrogens (primary N) is 1. The third kappa shape index (κ3) is 5.19. The Hall–Kier alpha value is -0.860. The van der Waals surface area contributed by atoms with Crippen molar-refractivity contribution in [3.63, 3.8) is 0 Å². The molecule has 0 aliphatic carbocycles. The summed E-state index contributed by atoms with van der Waals surface area (Å²) in [6, 6.07) is -0.0124. The van der Waals surface area contributed by atoms with Crippen molar-refractivity contribution in [1.29, 1.82) is 0 Å². The van der Waals surface area contributed by atoms with E-state index in [2.05, 4.69) is 5.43 Å². The van der Waals surface area contributed by atoms with Gasteiger partial charge in [-0.1, -0.05) is 0 Å². The molecule has 5 nitrogen and oxygen atoms in total. The molecule has 0 aromatic carbocycles. The van der Waals surface area contributed by atoms with Crippen LogP contribution in [0, 0.1) is 0 Å². The van der Waals surface area contributed by atoms with Gasteiger partial charge in [-0.2, -0.15) is 13.2 Å². The van der Waals surface area contributed by atoms with Crippen LogP contribution < -0.4 is 11.3 Å². The van der Waals surface area contributed by atoms with Crippen molar-refractivity contribution in [2.75, 3.05) is 32.7 Å². The Labute approximate surface area is 104 Å². The zero-order valence-corrected chi connectivity index (χ0v) is 10.3. The maximum absolute atomic E-state index is 12.2. The van der Waals surface area contributed by atoms with Crippen molar-refractivity contribution < 1.29 is 18.0 Å². The van der Waals surface area contributed by atoms with E-state index in [4.69, 9.17) is 5.84 Å². The van der Waals surface area contributed by atoms with Gasteiger partial charge in [0, 0.05) is 38.6 Å². The Morgan fingerprint density at radius 2 is 1.89 bits per heavy atom. The van der Waals surface area contributed by atoms with Gasteiger partial charge in [0.1, 0.15) is 0 Å². The molecule has 1 amide bonds. The summed E-state index contributed by atoms with van der Waals surface area (Å²) in [7, 11) is 0. The maximum atomic E-state index is 12.2. The van der Waals surface area contributed by atoms with Gasteiger partial charge in [-0.15, -0.1) is 0 Å². The molecule has 0 spiro atoms. The van der Waals surface area contributed by atoms with Crippen LogP contribution in [0.5, 0.6) is 0 Å². The van der Waals surface area contributed by atoms with E-state index in [0.29, 0.717) is 26.2 Å². The average molecular weight is 268 g/mol. The van der Waals surface area contributed by atoms with Crippen molar-refractivity contribution in [2.45, 2.75) is 25.6 Å². The van der Waals surface area contributed by atoms with Crippen LogP contribution in [0.2, 0.25) is 0 Å². The molecule has 1 atom stereocenters. The molecule has 106 valence electrons. The Balaban J connectivity index is 2.32. The Morgan fingerprint density at radius 1 is 1.33 bits per heavy atom. The van der Waals surface area contributed by atoms with Crippen molar-refractivity contribution in [1.82, 2.24) is 15.2 Å². The number of nitrogens with zero attached hydrogens (tertiary/aromatic N) is 2. The summed E-state index contributed by atoms with van der Waals surface area (Å²) in [5, 5.41) is 0. The molecule has 8 heteroatoms. The van der Waals surface area contributed by atoms with Crippen LogP contribution in [-0.2, 0) is 4.79 Å². The number of piperazine rings is 1. The molecule has 1 unspecified atom stereocenters. The summed E-state index contributed by atoms with van der Waals surface area (Å²) in [6.45, 7) is 2.82. The Kier molecular flexibility index (Phi) is 5.36. The zero-order chi connectivity index (χ0) is 13.8. The summed E-state index contributed by atoms with van der Waals surface area (Å²) in [5.41, 5.74) is 2.05. The van der Waals surface area contributed by atoms with Crippen LogP contribution in [0.1, 0.15) is 13.3 Å². The van der Waals surface area contributed by atoms with Gasteiger partial charge in [0.25, 0.3) is 0 Å². The lowest BCUT2D eigenvalue weighted by molar-refractivity contribution is -0.149. The van der Waals surface area contributed by atoms with Gasteiger partial charge < -0.3 is 0 Å². The molecule has 0 radical (unpaired) electrons. The van der Waals surface area contributed by atoms with Crippen molar-refractivity contribution in [2.24, 2.45) is 5.84 Å². The van der Waals surface area contributed by atoms with Crippen molar-refractivity contribution in [3.05, 3.63) is 0 Å². The first-order valence-electron chi connectivity index (χ1n) is 5.84. The predicted molar refractivity (Wildman–Crippen MR) is 60.5 cm³/mol. The third-order valence-corrected chi connectivity index (χ3v) is 3.07. The lowest BCUT2D eigenvalue weighted by atomic mass is 10.1. The first-order valence-corrected chi connectivity index (χ1v) is 5.84. The second kappa shape index (κ2) is 6.35. The molecular formula is C10H19F3N4O. The first-order chi connectivity index (χ1) is 8.31. The first kappa shape index (κ1) is 15.2. The molecule has 18 heavy (non-hydrogen) atoms. The molecule has 1 rings (SSSR count). The van der Waals surface area contributed by atoms with E-state index < -0.39 is 12.7 Å². The van der Waals surface area contributed by atoms with Crippen molar-refractivity contribution >= 4 is 5.91 Å². The van der Waals surface area contributed by atoms with Crippen LogP contribution >= 0.6 is 0 Å². The Morgan fingerprint density at radius 3 is 2.33 bits per heavy atom. The second-order valence-electron chi connectivity index (χ2n) is 4.55. The normalized spacial score (nSPS) is 20.7. The summed E-state index contributed by atoms with van der Waals surface area (Å²) in [4.78, 5) is 14.5. The zero-order valence-electron chi connectivity index (χ0n) is 10.3. The summed E-state index contributed by atoms with van der Waals surface area (Å²) < 4.78 is 36.6. The van der Waals surface area contributed by atoms with E-state index in [-0.39, 0.29) is 18.4 Å². The molecule has 1 fully saturated rings. The number of nitrogens with one attached hydrogen (secondary N) is 1. The number of rotatable bonds is 4. The van der Waals surface area contributed by atoms with Gasteiger partial charge in [-0.05, 0) is 6.92 Å². The van der Waals surface area contributed by atoms with Crippen LogP contribution in [0.15, 0.2) is 0 Å². The fourth-order valence-corrected chi connectivity index (χ4v) is 2.07. The van der Waals surface area contributed by atoms with Crippen LogP contribution in [0.25, 0.3) is 0 Å². The van der Waals surface area contributed by atoms with E-state index in [9.17, 15) is 18.0 Å². The van der Waals surface area contributed by atoms with Gasteiger partial charge in [-0.25, -0.2) is 5.84 Å². The maximum Gasteiger partial charge on any atom is 0.401 e. The minimum absolute atomic E-state index is 0.0124. The lowest BCUT2D eigenvalue weighted by Gasteiger charge is -2.38. The highest BCUT2D eigenvalue weighted by Crippen LogP contribution is 2.18. The molecule has 0 saturated carbocycles. The minimum Gasteiger partial charge on any atom is -0.298 e. The topological polar surface area (TPSA) is 61.6 Å². The molecule has 0 aromatic rings. The standard InChI is InChI=1S/C10H19F3N4O/c1-8(6-9(18)15-14)17-4-2-16(3-5-17)7-10(11,12)13/h8H,2-7,14H2,1H3,(H,15,18). The van der Waals surface area contributed by atoms with Gasteiger partial charge in [-0.3, -0.25) is 20.0 Å².